The van der Waals surface area contributed by atoms with Gasteiger partial charge in [0.2, 0.25) is 5.91 Å². The number of likely N-dealkylation sites (tertiary alicyclic amines) is 1. The van der Waals surface area contributed by atoms with Crippen molar-refractivity contribution in [2.75, 3.05) is 39.4 Å². The minimum atomic E-state index is -0.848. The van der Waals surface area contributed by atoms with Gasteiger partial charge < -0.3 is 25.0 Å². The van der Waals surface area contributed by atoms with Gasteiger partial charge in [-0.25, -0.2) is 4.79 Å². The molecule has 0 radical (unpaired) electrons. The predicted molar refractivity (Wildman–Crippen MR) is 72.7 cm³/mol. The summed E-state index contributed by atoms with van der Waals surface area (Å²) in [6.07, 6.45) is 0.0760. The Kier molecular flexibility index (Phi) is 5.00. The lowest BCUT2D eigenvalue weighted by Crippen LogP contribution is -2.62. The molecule has 2 saturated heterocycles. The zero-order valence-corrected chi connectivity index (χ0v) is 12.1. The lowest BCUT2D eigenvalue weighted by atomic mass is 9.97. The van der Waals surface area contributed by atoms with Crippen molar-refractivity contribution >= 4 is 17.9 Å². The standard InChI is InChI=1S/C13H21N3O5/c1-2-14-12(19)10-8-21-4-3-16(10)13(20)15-6-9(7-15)5-11(17)18/h9-10H,2-8H2,1H3,(H,14,19)(H,17,18). The quantitative estimate of drug-likeness (QED) is 0.718. The molecule has 0 bridgehead atoms. The topological polar surface area (TPSA) is 99.2 Å². The normalized spacial score (nSPS) is 22.6. The molecule has 0 spiro atoms. The molecule has 1 unspecified atom stereocenters. The largest absolute Gasteiger partial charge is 0.481 e. The molecule has 1 atom stereocenters. The maximum absolute atomic E-state index is 12.4. The smallest absolute Gasteiger partial charge is 0.320 e. The van der Waals surface area contributed by atoms with Crippen molar-refractivity contribution in [3.8, 4) is 0 Å². The Balaban J connectivity index is 1.91. The Morgan fingerprint density at radius 1 is 1.33 bits per heavy atom. The fourth-order valence-corrected chi connectivity index (χ4v) is 2.63. The van der Waals surface area contributed by atoms with Crippen LogP contribution in [0, 0.1) is 5.92 Å². The lowest BCUT2D eigenvalue weighted by Gasteiger charge is -2.44. The van der Waals surface area contributed by atoms with Gasteiger partial charge in [-0.1, -0.05) is 0 Å². The second kappa shape index (κ2) is 6.75. The second-order valence-corrected chi connectivity index (χ2v) is 5.33. The predicted octanol–water partition coefficient (Wildman–Crippen LogP) is -0.650. The van der Waals surface area contributed by atoms with Crippen LogP contribution in [0.4, 0.5) is 4.79 Å². The first kappa shape index (κ1) is 15.6. The van der Waals surface area contributed by atoms with Crippen LogP contribution in [0.2, 0.25) is 0 Å². The molecule has 21 heavy (non-hydrogen) atoms. The van der Waals surface area contributed by atoms with E-state index in [4.69, 9.17) is 9.84 Å². The molecule has 8 nitrogen and oxygen atoms in total. The van der Waals surface area contributed by atoms with Crippen molar-refractivity contribution in [1.29, 1.82) is 0 Å². The minimum absolute atomic E-state index is 0.00964. The molecule has 0 saturated carbocycles. The number of hydrogen-bond donors (Lipinski definition) is 2. The summed E-state index contributed by atoms with van der Waals surface area (Å²) in [5.74, 6) is -1.05. The first-order valence-electron chi connectivity index (χ1n) is 7.15. The van der Waals surface area contributed by atoms with Gasteiger partial charge in [-0.2, -0.15) is 0 Å². The molecule has 3 amide bonds. The molecule has 0 aromatic rings. The number of nitrogens with one attached hydrogen (secondary N) is 1. The third kappa shape index (κ3) is 3.63. The highest BCUT2D eigenvalue weighted by atomic mass is 16.5. The highest BCUT2D eigenvalue weighted by Gasteiger charge is 2.39. The van der Waals surface area contributed by atoms with Crippen LogP contribution in [0.15, 0.2) is 0 Å². The van der Waals surface area contributed by atoms with Crippen LogP contribution in [0.3, 0.4) is 0 Å². The Bertz CT molecular complexity index is 422. The van der Waals surface area contributed by atoms with Gasteiger partial charge in [0, 0.05) is 32.1 Å². The summed E-state index contributed by atoms with van der Waals surface area (Å²) in [5.41, 5.74) is 0. The van der Waals surface area contributed by atoms with E-state index < -0.39 is 12.0 Å². The molecule has 2 aliphatic rings. The maximum Gasteiger partial charge on any atom is 0.320 e. The van der Waals surface area contributed by atoms with Crippen molar-refractivity contribution in [3.05, 3.63) is 0 Å². The van der Waals surface area contributed by atoms with E-state index in [1.807, 2.05) is 6.92 Å². The number of morpholine rings is 1. The van der Waals surface area contributed by atoms with Crippen LogP contribution < -0.4 is 5.32 Å². The van der Waals surface area contributed by atoms with E-state index in [0.29, 0.717) is 32.8 Å². The van der Waals surface area contributed by atoms with Crippen molar-refractivity contribution < 1.29 is 24.2 Å². The number of ether oxygens (including phenoxy) is 1. The highest BCUT2D eigenvalue weighted by molar-refractivity contribution is 5.87. The molecule has 2 aliphatic heterocycles. The molecule has 2 N–H and O–H groups in total. The van der Waals surface area contributed by atoms with Crippen LogP contribution in [0.5, 0.6) is 0 Å². The summed E-state index contributed by atoms with van der Waals surface area (Å²) in [6.45, 7) is 4.18. The number of aliphatic carboxylic acids is 1. The summed E-state index contributed by atoms with van der Waals surface area (Å²) in [4.78, 5) is 38.1. The van der Waals surface area contributed by atoms with Crippen LogP contribution in [0.25, 0.3) is 0 Å². The van der Waals surface area contributed by atoms with E-state index in [-0.39, 0.29) is 30.9 Å². The number of rotatable bonds is 4. The molecule has 0 aliphatic carbocycles. The maximum atomic E-state index is 12.4. The molecule has 2 heterocycles. The van der Waals surface area contributed by atoms with E-state index in [9.17, 15) is 14.4 Å². The molecular formula is C13H21N3O5. The Morgan fingerprint density at radius 2 is 2.05 bits per heavy atom. The van der Waals surface area contributed by atoms with Crippen LogP contribution in [-0.2, 0) is 14.3 Å². The third-order valence-electron chi connectivity index (χ3n) is 3.72. The second-order valence-electron chi connectivity index (χ2n) is 5.33. The molecule has 8 heteroatoms. The molecule has 118 valence electrons. The van der Waals surface area contributed by atoms with Gasteiger partial charge in [0.1, 0.15) is 6.04 Å². The first-order chi connectivity index (χ1) is 10.0. The van der Waals surface area contributed by atoms with E-state index in [0.717, 1.165) is 0 Å². The zero-order chi connectivity index (χ0) is 15.4. The average Bonchev–Trinajstić information content (AvgIpc) is 2.41. The van der Waals surface area contributed by atoms with Gasteiger partial charge >= 0.3 is 12.0 Å². The fourth-order valence-electron chi connectivity index (χ4n) is 2.63. The number of carboxylic acid groups (broad SMARTS) is 1. The van der Waals surface area contributed by atoms with Gasteiger partial charge in [0.05, 0.1) is 19.6 Å². The van der Waals surface area contributed by atoms with E-state index in [2.05, 4.69) is 5.32 Å². The van der Waals surface area contributed by atoms with E-state index in [1.165, 1.54) is 4.90 Å². The molecule has 2 fully saturated rings. The Labute approximate surface area is 123 Å². The summed E-state index contributed by atoms with van der Waals surface area (Å²) in [7, 11) is 0. The number of hydrogen-bond acceptors (Lipinski definition) is 4. The highest BCUT2D eigenvalue weighted by Crippen LogP contribution is 2.22. The fraction of sp³-hybridized carbons (Fsp3) is 0.769. The Hall–Kier alpha value is -1.83. The van der Waals surface area contributed by atoms with Crippen molar-refractivity contribution in [2.24, 2.45) is 5.92 Å². The van der Waals surface area contributed by atoms with Crippen LogP contribution in [0.1, 0.15) is 13.3 Å². The number of likely N-dealkylation sites (N-methyl/N-ethyl adjacent to an activating group) is 1. The monoisotopic (exact) mass is 299 g/mol. The summed E-state index contributed by atoms with van der Waals surface area (Å²) < 4.78 is 5.28. The van der Waals surface area contributed by atoms with E-state index >= 15 is 0 Å². The van der Waals surface area contributed by atoms with Gasteiger partial charge in [-0.05, 0) is 6.92 Å². The summed E-state index contributed by atoms with van der Waals surface area (Å²) in [6, 6.07) is -0.819. The minimum Gasteiger partial charge on any atom is -0.481 e. The Morgan fingerprint density at radius 3 is 2.67 bits per heavy atom. The molecular weight excluding hydrogens is 278 g/mol. The number of urea groups is 1. The SMILES string of the molecule is CCNC(=O)C1COCCN1C(=O)N1CC(CC(=O)O)C1. The molecule has 0 aromatic carbocycles. The number of amides is 3. The van der Waals surface area contributed by atoms with Gasteiger partial charge in [0.25, 0.3) is 0 Å². The van der Waals surface area contributed by atoms with Gasteiger partial charge in [-0.3, -0.25) is 9.59 Å². The van der Waals surface area contributed by atoms with Gasteiger partial charge in [0.15, 0.2) is 0 Å². The zero-order valence-electron chi connectivity index (χ0n) is 12.1. The van der Waals surface area contributed by atoms with E-state index in [1.54, 1.807) is 4.90 Å². The summed E-state index contributed by atoms with van der Waals surface area (Å²) in [5, 5.41) is 11.4. The van der Waals surface area contributed by atoms with Crippen LogP contribution >= 0.6 is 0 Å². The number of carboxylic acids is 1. The van der Waals surface area contributed by atoms with Crippen molar-refractivity contribution in [2.45, 2.75) is 19.4 Å². The number of nitrogens with zero attached hydrogens (tertiary/aromatic N) is 2. The molecule has 0 aromatic heterocycles. The van der Waals surface area contributed by atoms with Gasteiger partial charge in [-0.15, -0.1) is 0 Å². The first-order valence-corrected chi connectivity index (χ1v) is 7.15. The average molecular weight is 299 g/mol. The van der Waals surface area contributed by atoms with Crippen molar-refractivity contribution in [1.82, 2.24) is 15.1 Å². The van der Waals surface area contributed by atoms with Crippen LogP contribution in [-0.4, -0.2) is 78.2 Å². The summed E-state index contributed by atoms with van der Waals surface area (Å²) >= 11 is 0. The lowest BCUT2D eigenvalue weighted by molar-refractivity contribution is -0.139. The third-order valence-corrected chi connectivity index (χ3v) is 3.72. The molecule has 2 rings (SSSR count). The number of carbonyl (C=O) groups is 3. The van der Waals surface area contributed by atoms with Crippen molar-refractivity contribution in [3.63, 3.8) is 0 Å². The number of carbonyl (C=O) groups excluding carboxylic acids is 2.